The molecule has 0 saturated heterocycles. The predicted molar refractivity (Wildman–Crippen MR) is 56.2 cm³/mol. The van der Waals surface area contributed by atoms with E-state index in [0.717, 1.165) is 0 Å². The SMILES string of the molecule is NC(=O)CC(O)C(O)c1ccc(F)cc1C(F)(F)F. The Labute approximate surface area is 105 Å². The average molecular weight is 281 g/mol. The third kappa shape index (κ3) is 3.90. The van der Waals surface area contributed by atoms with Gasteiger partial charge in [0.25, 0.3) is 0 Å². The van der Waals surface area contributed by atoms with Crippen molar-refractivity contribution < 1.29 is 32.6 Å². The van der Waals surface area contributed by atoms with E-state index < -0.39 is 47.7 Å². The summed E-state index contributed by atoms with van der Waals surface area (Å²) in [7, 11) is 0. The lowest BCUT2D eigenvalue weighted by Crippen LogP contribution is -2.27. The Hall–Kier alpha value is -1.67. The van der Waals surface area contributed by atoms with Crippen molar-refractivity contribution in [3.63, 3.8) is 0 Å². The van der Waals surface area contributed by atoms with Crippen LogP contribution in [0.4, 0.5) is 17.6 Å². The molecule has 4 N–H and O–H groups in total. The maximum atomic E-state index is 12.8. The van der Waals surface area contributed by atoms with Crippen LogP contribution >= 0.6 is 0 Å². The Morgan fingerprint density at radius 2 is 1.89 bits per heavy atom. The molecule has 0 aliphatic carbocycles. The molecule has 0 saturated carbocycles. The first kappa shape index (κ1) is 15.4. The van der Waals surface area contributed by atoms with Gasteiger partial charge in [-0.25, -0.2) is 4.39 Å². The zero-order valence-electron chi connectivity index (χ0n) is 9.49. The highest BCUT2D eigenvalue weighted by molar-refractivity contribution is 5.74. The molecule has 2 unspecified atom stereocenters. The van der Waals surface area contributed by atoms with Gasteiger partial charge < -0.3 is 15.9 Å². The highest BCUT2D eigenvalue weighted by Crippen LogP contribution is 2.36. The van der Waals surface area contributed by atoms with Gasteiger partial charge in [-0.2, -0.15) is 13.2 Å². The van der Waals surface area contributed by atoms with Gasteiger partial charge in [0.2, 0.25) is 5.91 Å². The number of carbonyl (C=O) groups is 1. The van der Waals surface area contributed by atoms with Gasteiger partial charge in [-0.05, 0) is 17.7 Å². The van der Waals surface area contributed by atoms with E-state index in [1.807, 2.05) is 0 Å². The van der Waals surface area contributed by atoms with Crippen LogP contribution in [-0.4, -0.2) is 22.2 Å². The van der Waals surface area contributed by atoms with Gasteiger partial charge in [0.05, 0.1) is 18.1 Å². The van der Waals surface area contributed by atoms with Crippen LogP contribution in [0.5, 0.6) is 0 Å². The number of hydrogen-bond acceptors (Lipinski definition) is 3. The van der Waals surface area contributed by atoms with Gasteiger partial charge in [0, 0.05) is 0 Å². The van der Waals surface area contributed by atoms with E-state index >= 15 is 0 Å². The van der Waals surface area contributed by atoms with Gasteiger partial charge in [-0.3, -0.25) is 4.79 Å². The summed E-state index contributed by atoms with van der Waals surface area (Å²) in [6.45, 7) is 0. The first-order valence-corrected chi connectivity index (χ1v) is 5.14. The fourth-order valence-electron chi connectivity index (χ4n) is 1.56. The van der Waals surface area contributed by atoms with Crippen molar-refractivity contribution in [2.45, 2.75) is 24.8 Å². The molecule has 0 heterocycles. The molecule has 1 amide bonds. The first-order chi connectivity index (χ1) is 8.62. The minimum absolute atomic E-state index is 0.204. The monoisotopic (exact) mass is 281 g/mol. The predicted octanol–water partition coefficient (Wildman–Crippen LogP) is 1.11. The lowest BCUT2D eigenvalue weighted by molar-refractivity contribution is -0.140. The van der Waals surface area contributed by atoms with Crippen molar-refractivity contribution in [3.8, 4) is 0 Å². The second kappa shape index (κ2) is 5.54. The summed E-state index contributed by atoms with van der Waals surface area (Å²) in [5, 5.41) is 19.0. The van der Waals surface area contributed by atoms with Crippen LogP contribution in [0.3, 0.4) is 0 Å². The van der Waals surface area contributed by atoms with Gasteiger partial charge in [-0.1, -0.05) is 6.07 Å². The fourth-order valence-corrected chi connectivity index (χ4v) is 1.56. The largest absolute Gasteiger partial charge is 0.416 e. The molecule has 0 aliphatic rings. The summed E-state index contributed by atoms with van der Waals surface area (Å²) < 4.78 is 50.8. The minimum Gasteiger partial charge on any atom is -0.390 e. The van der Waals surface area contributed by atoms with Crippen molar-refractivity contribution in [1.29, 1.82) is 0 Å². The molecule has 0 aromatic heterocycles. The van der Waals surface area contributed by atoms with Crippen LogP contribution in [0, 0.1) is 5.82 Å². The summed E-state index contributed by atoms with van der Waals surface area (Å²) in [4.78, 5) is 10.6. The van der Waals surface area contributed by atoms with E-state index in [-0.39, 0.29) is 6.07 Å². The van der Waals surface area contributed by atoms with Crippen molar-refractivity contribution >= 4 is 5.91 Å². The Balaban J connectivity index is 3.16. The number of aliphatic hydroxyl groups is 2. The number of nitrogens with two attached hydrogens (primary N) is 1. The molecule has 2 atom stereocenters. The number of alkyl halides is 3. The molecule has 0 aliphatic heterocycles. The Morgan fingerprint density at radius 3 is 2.37 bits per heavy atom. The summed E-state index contributed by atoms with van der Waals surface area (Å²) in [5.74, 6) is -2.12. The zero-order chi connectivity index (χ0) is 14.8. The molecule has 1 aromatic rings. The van der Waals surface area contributed by atoms with E-state index in [1.165, 1.54) is 0 Å². The summed E-state index contributed by atoms with van der Waals surface area (Å²) in [6, 6.07) is 1.62. The van der Waals surface area contributed by atoms with Crippen LogP contribution in [0.2, 0.25) is 0 Å². The lowest BCUT2D eigenvalue weighted by atomic mass is 9.96. The number of carbonyl (C=O) groups excluding carboxylic acids is 1. The van der Waals surface area contributed by atoms with Crippen LogP contribution < -0.4 is 5.73 Å². The highest BCUT2D eigenvalue weighted by atomic mass is 19.4. The molecular formula is C11H11F4NO3. The van der Waals surface area contributed by atoms with Gasteiger partial charge >= 0.3 is 6.18 Å². The van der Waals surface area contributed by atoms with Crippen LogP contribution in [-0.2, 0) is 11.0 Å². The van der Waals surface area contributed by atoms with E-state index in [1.54, 1.807) is 0 Å². The van der Waals surface area contributed by atoms with E-state index in [9.17, 15) is 32.6 Å². The standard InChI is InChI=1S/C11H11F4NO3/c12-5-1-2-6(7(3-5)11(13,14)15)10(19)8(17)4-9(16)18/h1-3,8,10,17,19H,4H2,(H2,16,18). The molecule has 1 rings (SSSR count). The maximum Gasteiger partial charge on any atom is 0.416 e. The quantitative estimate of drug-likeness (QED) is 0.723. The number of aliphatic hydroxyl groups excluding tert-OH is 2. The Bertz CT molecular complexity index is 475. The normalized spacial score (nSPS) is 15.1. The van der Waals surface area contributed by atoms with E-state index in [2.05, 4.69) is 0 Å². The number of hydrogen-bond donors (Lipinski definition) is 3. The van der Waals surface area contributed by atoms with E-state index in [4.69, 9.17) is 5.73 Å². The molecule has 1 aromatic carbocycles. The fraction of sp³-hybridized carbons (Fsp3) is 0.364. The van der Waals surface area contributed by atoms with Gasteiger partial charge in [0.1, 0.15) is 11.9 Å². The van der Waals surface area contributed by atoms with E-state index in [0.29, 0.717) is 12.1 Å². The summed E-state index contributed by atoms with van der Waals surface area (Å²) >= 11 is 0. The molecule has 19 heavy (non-hydrogen) atoms. The average Bonchev–Trinajstić information content (AvgIpc) is 2.25. The molecule has 8 heteroatoms. The van der Waals surface area contributed by atoms with Gasteiger partial charge in [-0.15, -0.1) is 0 Å². The molecule has 0 radical (unpaired) electrons. The summed E-state index contributed by atoms with van der Waals surface area (Å²) in [6.07, 6.45) is -9.41. The molecule has 106 valence electrons. The lowest BCUT2D eigenvalue weighted by Gasteiger charge is -2.21. The molecule has 0 spiro atoms. The number of halogens is 4. The number of amides is 1. The number of rotatable bonds is 4. The zero-order valence-corrected chi connectivity index (χ0v) is 9.49. The van der Waals surface area contributed by atoms with Gasteiger partial charge in [0.15, 0.2) is 0 Å². The van der Waals surface area contributed by atoms with Crippen LogP contribution in [0.15, 0.2) is 18.2 Å². The highest BCUT2D eigenvalue weighted by Gasteiger charge is 2.37. The molecular weight excluding hydrogens is 270 g/mol. The first-order valence-electron chi connectivity index (χ1n) is 5.14. The third-order valence-electron chi connectivity index (χ3n) is 2.41. The molecule has 0 fully saturated rings. The second-order valence-electron chi connectivity index (χ2n) is 3.91. The van der Waals surface area contributed by atoms with Crippen LogP contribution in [0.1, 0.15) is 23.7 Å². The van der Waals surface area contributed by atoms with Crippen molar-refractivity contribution in [3.05, 3.63) is 35.1 Å². The Kier molecular flexibility index (Phi) is 4.48. The minimum atomic E-state index is -4.90. The Morgan fingerprint density at radius 1 is 1.32 bits per heavy atom. The number of benzene rings is 1. The van der Waals surface area contributed by atoms with Crippen molar-refractivity contribution in [2.75, 3.05) is 0 Å². The van der Waals surface area contributed by atoms with Crippen molar-refractivity contribution in [1.82, 2.24) is 0 Å². The topological polar surface area (TPSA) is 83.6 Å². The maximum absolute atomic E-state index is 12.8. The second-order valence-corrected chi connectivity index (χ2v) is 3.91. The number of primary amides is 1. The van der Waals surface area contributed by atoms with Crippen molar-refractivity contribution in [2.24, 2.45) is 5.73 Å². The third-order valence-corrected chi connectivity index (χ3v) is 2.41. The molecule has 0 bridgehead atoms. The summed E-state index contributed by atoms with van der Waals surface area (Å²) in [5.41, 5.74) is 2.63. The smallest absolute Gasteiger partial charge is 0.390 e. The molecule has 4 nitrogen and oxygen atoms in total. The van der Waals surface area contributed by atoms with Crippen LogP contribution in [0.25, 0.3) is 0 Å².